The van der Waals surface area contributed by atoms with Crippen LogP contribution in [-0.4, -0.2) is 15.6 Å². The summed E-state index contributed by atoms with van der Waals surface area (Å²) in [4.78, 5) is 25.1. The molecule has 0 saturated carbocycles. The summed E-state index contributed by atoms with van der Waals surface area (Å²) in [6.45, 7) is 2.19. The fourth-order valence-electron chi connectivity index (χ4n) is 2.60. The second-order valence-electron chi connectivity index (χ2n) is 5.22. The Morgan fingerprint density at radius 3 is 3.05 bits per heavy atom. The standard InChI is InChI=1S/C14H17N3O3S/c1-9-8-12(16-20-9)15-13(18)6-7-17-10-4-2-3-5-11(10)21-14(17)19/h8H,2-7H2,1H3,(H,15,16,18). The number of carbonyl (C=O) groups is 1. The number of nitrogens with one attached hydrogen (secondary N) is 1. The van der Waals surface area contributed by atoms with Gasteiger partial charge in [-0.2, -0.15) is 0 Å². The minimum atomic E-state index is -0.161. The Bertz CT molecular complexity index is 713. The Morgan fingerprint density at radius 2 is 2.29 bits per heavy atom. The van der Waals surface area contributed by atoms with Gasteiger partial charge in [0.05, 0.1) is 0 Å². The van der Waals surface area contributed by atoms with Gasteiger partial charge in [0.1, 0.15) is 5.76 Å². The van der Waals surface area contributed by atoms with Crippen LogP contribution in [0.2, 0.25) is 0 Å². The number of thiazole rings is 1. The predicted octanol–water partition coefficient (Wildman–Crippen LogP) is 2.11. The molecule has 2 aromatic heterocycles. The molecule has 6 nitrogen and oxygen atoms in total. The van der Waals surface area contributed by atoms with E-state index in [-0.39, 0.29) is 17.2 Å². The molecule has 21 heavy (non-hydrogen) atoms. The largest absolute Gasteiger partial charge is 0.360 e. The summed E-state index contributed by atoms with van der Waals surface area (Å²) in [6.07, 6.45) is 4.46. The van der Waals surface area contributed by atoms with Crippen LogP contribution in [0, 0.1) is 6.92 Å². The van der Waals surface area contributed by atoms with Crippen molar-refractivity contribution in [2.24, 2.45) is 0 Å². The molecule has 1 N–H and O–H groups in total. The molecule has 1 amide bonds. The van der Waals surface area contributed by atoms with Crippen LogP contribution >= 0.6 is 11.3 Å². The number of amides is 1. The van der Waals surface area contributed by atoms with Crippen molar-refractivity contribution < 1.29 is 9.32 Å². The van der Waals surface area contributed by atoms with Gasteiger partial charge in [-0.25, -0.2) is 0 Å². The number of nitrogens with zero attached hydrogens (tertiary/aromatic N) is 2. The highest BCUT2D eigenvalue weighted by Gasteiger charge is 2.18. The normalized spacial score (nSPS) is 14.0. The zero-order valence-electron chi connectivity index (χ0n) is 11.8. The van der Waals surface area contributed by atoms with Gasteiger partial charge in [-0.3, -0.25) is 9.59 Å². The topological polar surface area (TPSA) is 77.1 Å². The maximum Gasteiger partial charge on any atom is 0.307 e. The van der Waals surface area contributed by atoms with Gasteiger partial charge in [0.2, 0.25) is 5.91 Å². The van der Waals surface area contributed by atoms with Crippen molar-refractivity contribution >= 4 is 23.1 Å². The lowest BCUT2D eigenvalue weighted by atomic mass is 10.0. The molecule has 0 atom stereocenters. The van der Waals surface area contributed by atoms with E-state index in [4.69, 9.17) is 4.52 Å². The van der Waals surface area contributed by atoms with Crippen LogP contribution in [-0.2, 0) is 24.2 Å². The van der Waals surface area contributed by atoms with Gasteiger partial charge >= 0.3 is 4.87 Å². The van der Waals surface area contributed by atoms with Crippen molar-refractivity contribution in [1.29, 1.82) is 0 Å². The number of hydrogen-bond acceptors (Lipinski definition) is 5. The van der Waals surface area contributed by atoms with Crippen LogP contribution < -0.4 is 10.2 Å². The number of aromatic nitrogens is 2. The first-order valence-electron chi connectivity index (χ1n) is 7.08. The molecule has 7 heteroatoms. The fourth-order valence-corrected chi connectivity index (χ4v) is 3.70. The number of fused-ring (bicyclic) bond motifs is 1. The number of anilines is 1. The third kappa shape index (κ3) is 3.07. The molecule has 0 unspecified atom stereocenters. The van der Waals surface area contributed by atoms with Gasteiger partial charge in [-0.05, 0) is 32.6 Å². The quantitative estimate of drug-likeness (QED) is 0.938. The molecular formula is C14H17N3O3S. The Hall–Kier alpha value is -1.89. The molecule has 0 aliphatic heterocycles. The van der Waals surface area contributed by atoms with Crippen LogP contribution in [0.3, 0.4) is 0 Å². The lowest BCUT2D eigenvalue weighted by Gasteiger charge is -2.13. The van der Waals surface area contributed by atoms with Gasteiger partial charge in [-0.15, -0.1) is 0 Å². The molecule has 0 saturated heterocycles. The Kier molecular flexibility index (Phi) is 3.92. The molecule has 1 aliphatic rings. The summed E-state index contributed by atoms with van der Waals surface area (Å²) in [6, 6.07) is 1.66. The molecule has 0 bridgehead atoms. The van der Waals surface area contributed by atoms with Gasteiger partial charge in [0, 0.05) is 29.6 Å². The van der Waals surface area contributed by atoms with Gasteiger partial charge in [0.15, 0.2) is 5.82 Å². The van der Waals surface area contributed by atoms with E-state index in [1.807, 2.05) is 0 Å². The number of hydrogen-bond donors (Lipinski definition) is 1. The van der Waals surface area contributed by atoms with Gasteiger partial charge < -0.3 is 14.4 Å². The van der Waals surface area contributed by atoms with Crippen LogP contribution in [0.1, 0.15) is 35.6 Å². The van der Waals surface area contributed by atoms with E-state index in [9.17, 15) is 9.59 Å². The van der Waals surface area contributed by atoms with E-state index in [1.54, 1.807) is 17.6 Å². The minimum absolute atomic E-state index is 0.0481. The van der Waals surface area contributed by atoms with Crippen molar-refractivity contribution in [3.8, 4) is 0 Å². The molecule has 0 aromatic carbocycles. The summed E-state index contributed by atoms with van der Waals surface area (Å²) < 4.78 is 6.65. The van der Waals surface area contributed by atoms with Crippen LogP contribution in [0.4, 0.5) is 5.82 Å². The number of carbonyl (C=O) groups excluding carboxylic acids is 1. The minimum Gasteiger partial charge on any atom is -0.360 e. The van der Waals surface area contributed by atoms with Crippen LogP contribution in [0.15, 0.2) is 15.4 Å². The van der Waals surface area contributed by atoms with Crippen LogP contribution in [0.25, 0.3) is 0 Å². The average Bonchev–Trinajstić information content (AvgIpc) is 2.99. The first-order chi connectivity index (χ1) is 10.1. The monoisotopic (exact) mass is 307 g/mol. The highest BCUT2D eigenvalue weighted by atomic mass is 32.1. The molecule has 0 fully saturated rings. The number of rotatable bonds is 4. The lowest BCUT2D eigenvalue weighted by molar-refractivity contribution is -0.116. The van der Waals surface area contributed by atoms with E-state index in [2.05, 4.69) is 10.5 Å². The molecule has 0 radical (unpaired) electrons. The maximum atomic E-state index is 12.0. The maximum absolute atomic E-state index is 12.0. The molecule has 2 heterocycles. The van der Waals surface area contributed by atoms with Gasteiger partial charge in [-0.1, -0.05) is 16.5 Å². The second kappa shape index (κ2) is 5.85. The second-order valence-corrected chi connectivity index (χ2v) is 6.26. The summed E-state index contributed by atoms with van der Waals surface area (Å²) in [7, 11) is 0. The first-order valence-corrected chi connectivity index (χ1v) is 7.89. The molecule has 1 aliphatic carbocycles. The smallest absolute Gasteiger partial charge is 0.307 e. The van der Waals surface area contributed by atoms with Gasteiger partial charge in [0.25, 0.3) is 0 Å². The zero-order chi connectivity index (χ0) is 14.8. The fraction of sp³-hybridized carbons (Fsp3) is 0.500. The highest BCUT2D eigenvalue weighted by molar-refractivity contribution is 7.09. The first kappa shape index (κ1) is 14.1. The van der Waals surface area contributed by atoms with E-state index < -0.39 is 0 Å². The van der Waals surface area contributed by atoms with Crippen molar-refractivity contribution in [2.45, 2.75) is 45.6 Å². The van der Waals surface area contributed by atoms with E-state index in [0.717, 1.165) is 31.4 Å². The summed E-state index contributed by atoms with van der Waals surface area (Å²) in [5, 5.41) is 6.38. The third-order valence-corrected chi connectivity index (χ3v) is 4.69. The van der Waals surface area contributed by atoms with Crippen LogP contribution in [0.5, 0.6) is 0 Å². The summed E-state index contributed by atoms with van der Waals surface area (Å²) in [5.74, 6) is 0.900. The van der Waals surface area contributed by atoms with Crippen molar-refractivity contribution in [1.82, 2.24) is 9.72 Å². The molecule has 2 aromatic rings. The predicted molar refractivity (Wildman–Crippen MR) is 79.7 cm³/mol. The SMILES string of the molecule is Cc1cc(NC(=O)CCn2c3c(sc2=O)CCCC3)no1. The summed E-state index contributed by atoms with van der Waals surface area (Å²) in [5.41, 5.74) is 1.13. The Balaban J connectivity index is 1.64. The van der Waals surface area contributed by atoms with E-state index in [1.165, 1.54) is 16.2 Å². The number of aryl methyl sites for hydroxylation is 2. The van der Waals surface area contributed by atoms with Crippen molar-refractivity contribution in [3.05, 3.63) is 32.1 Å². The van der Waals surface area contributed by atoms with E-state index >= 15 is 0 Å². The zero-order valence-corrected chi connectivity index (χ0v) is 12.7. The van der Waals surface area contributed by atoms with E-state index in [0.29, 0.717) is 18.1 Å². The molecule has 3 rings (SSSR count). The molecular weight excluding hydrogens is 290 g/mol. The highest BCUT2D eigenvalue weighted by Crippen LogP contribution is 2.23. The Labute approximate surface area is 125 Å². The molecule has 112 valence electrons. The van der Waals surface area contributed by atoms with Crippen molar-refractivity contribution in [2.75, 3.05) is 5.32 Å². The average molecular weight is 307 g/mol. The third-order valence-electron chi connectivity index (χ3n) is 3.60. The summed E-state index contributed by atoms with van der Waals surface area (Å²) >= 11 is 1.32. The molecule has 0 spiro atoms. The van der Waals surface area contributed by atoms with Crippen molar-refractivity contribution in [3.63, 3.8) is 0 Å². The lowest BCUT2D eigenvalue weighted by Crippen LogP contribution is -2.21. The Morgan fingerprint density at radius 1 is 1.48 bits per heavy atom.